The first kappa shape index (κ1) is 25.9. The number of carbonyl (C=O) groups excluding carboxylic acids is 5. The van der Waals surface area contributed by atoms with Gasteiger partial charge in [0.05, 0.1) is 11.1 Å². The summed E-state index contributed by atoms with van der Waals surface area (Å²) in [7, 11) is 0. The van der Waals surface area contributed by atoms with E-state index >= 15 is 0 Å². The quantitative estimate of drug-likeness (QED) is 0.203. The van der Waals surface area contributed by atoms with Crippen LogP contribution in [0.1, 0.15) is 78.5 Å². The van der Waals surface area contributed by atoms with E-state index in [4.69, 9.17) is 0 Å². The van der Waals surface area contributed by atoms with E-state index in [9.17, 15) is 24.0 Å². The van der Waals surface area contributed by atoms with Crippen LogP contribution in [0.2, 0.25) is 0 Å². The van der Waals surface area contributed by atoms with Crippen molar-refractivity contribution in [3.8, 4) is 0 Å². The third-order valence-electron chi connectivity index (χ3n) is 6.00. The maximum absolute atomic E-state index is 13.1. The van der Waals surface area contributed by atoms with Gasteiger partial charge in [-0.2, -0.15) is 0 Å². The Kier molecular flexibility index (Phi) is 9.62. The van der Waals surface area contributed by atoms with Crippen LogP contribution in [0, 0.1) is 0 Å². The highest BCUT2D eigenvalue weighted by molar-refractivity contribution is 9.09. The normalized spacial score (nSPS) is 17.6. The minimum absolute atomic E-state index is 0.0898. The van der Waals surface area contributed by atoms with Gasteiger partial charge in [-0.15, -0.1) is 0 Å². The molecule has 0 bridgehead atoms. The summed E-state index contributed by atoms with van der Waals surface area (Å²) >= 11 is 3.38. The predicted molar refractivity (Wildman–Crippen MR) is 131 cm³/mol. The van der Waals surface area contributed by atoms with Gasteiger partial charge >= 0.3 is 0 Å². The minimum atomic E-state index is -0.974. The van der Waals surface area contributed by atoms with Crippen molar-refractivity contribution in [1.82, 2.24) is 15.5 Å². The number of imide groups is 2. The Morgan fingerprint density at radius 3 is 2.53 bits per heavy atom. The number of anilines is 1. The molecular weight excluding hydrogens is 504 g/mol. The van der Waals surface area contributed by atoms with Gasteiger partial charge in [0, 0.05) is 36.9 Å². The molecule has 0 saturated carbocycles. The molecule has 3 N–H and O–H groups in total. The molecule has 0 aromatic heterocycles. The third-order valence-corrected chi connectivity index (χ3v) is 6.56. The number of amides is 5. The topological polar surface area (TPSA) is 125 Å². The summed E-state index contributed by atoms with van der Waals surface area (Å²) in [5.41, 5.74) is 1.09. The lowest BCUT2D eigenvalue weighted by Gasteiger charge is -2.27. The molecule has 5 amide bonds. The summed E-state index contributed by atoms with van der Waals surface area (Å²) in [5.74, 6) is -1.95. The Bertz CT molecular complexity index is 951. The number of carbonyl (C=O) groups is 5. The average Bonchev–Trinajstić information content (AvgIpc) is 3.07. The van der Waals surface area contributed by atoms with Crippen molar-refractivity contribution in [2.75, 3.05) is 23.7 Å². The molecule has 1 unspecified atom stereocenters. The van der Waals surface area contributed by atoms with Crippen LogP contribution in [0.15, 0.2) is 18.2 Å². The molecule has 3 rings (SSSR count). The highest BCUT2D eigenvalue weighted by Crippen LogP contribution is 2.32. The number of benzene rings is 1. The molecule has 2 aliphatic rings. The van der Waals surface area contributed by atoms with Crippen molar-refractivity contribution in [2.45, 2.75) is 63.8 Å². The summed E-state index contributed by atoms with van der Waals surface area (Å²) in [6.45, 7) is 1.25. The van der Waals surface area contributed by atoms with Crippen LogP contribution in [0.5, 0.6) is 0 Å². The molecule has 0 aliphatic carbocycles. The number of piperidine rings is 1. The smallest absolute Gasteiger partial charge is 0.264 e. The molecule has 9 nitrogen and oxygen atoms in total. The van der Waals surface area contributed by atoms with Crippen LogP contribution in [-0.2, 0) is 14.4 Å². The molecule has 10 heteroatoms. The van der Waals surface area contributed by atoms with E-state index in [2.05, 4.69) is 31.9 Å². The lowest BCUT2D eigenvalue weighted by Crippen LogP contribution is -2.54. The highest BCUT2D eigenvalue weighted by atomic mass is 79.9. The number of hydrogen-bond donors (Lipinski definition) is 3. The van der Waals surface area contributed by atoms with Crippen LogP contribution in [0.25, 0.3) is 0 Å². The van der Waals surface area contributed by atoms with Gasteiger partial charge in [0.15, 0.2) is 0 Å². The van der Waals surface area contributed by atoms with E-state index in [0.29, 0.717) is 25.2 Å². The molecule has 0 radical (unpaired) electrons. The second-order valence-electron chi connectivity index (χ2n) is 8.51. The lowest BCUT2D eigenvalue weighted by atomic mass is 10.0. The molecule has 1 aromatic rings. The SMILES string of the molecule is O=C(CCCCCBr)NCCCCCNc1cccc2c1C(=O)N(C1CCC(=O)NC1=O)C2=O. The van der Waals surface area contributed by atoms with Gasteiger partial charge in [-0.1, -0.05) is 28.4 Å². The zero-order valence-electron chi connectivity index (χ0n) is 19.2. The number of nitrogens with one attached hydrogen (secondary N) is 3. The van der Waals surface area contributed by atoms with Crippen molar-refractivity contribution in [1.29, 1.82) is 0 Å². The summed E-state index contributed by atoms with van der Waals surface area (Å²) in [5, 5.41) is 9.35. The van der Waals surface area contributed by atoms with Gasteiger partial charge in [-0.25, -0.2) is 0 Å². The zero-order valence-corrected chi connectivity index (χ0v) is 20.7. The van der Waals surface area contributed by atoms with E-state index in [0.717, 1.165) is 48.8 Å². The third kappa shape index (κ3) is 6.43. The van der Waals surface area contributed by atoms with Crippen molar-refractivity contribution in [3.05, 3.63) is 29.3 Å². The fourth-order valence-corrected chi connectivity index (χ4v) is 4.58. The number of unbranched alkanes of at least 4 members (excludes halogenated alkanes) is 4. The maximum atomic E-state index is 13.1. The van der Waals surface area contributed by atoms with Gasteiger partial charge in [-0.3, -0.25) is 34.2 Å². The van der Waals surface area contributed by atoms with Crippen molar-refractivity contribution >= 4 is 51.2 Å². The van der Waals surface area contributed by atoms with Crippen LogP contribution in [-0.4, -0.2) is 58.9 Å². The molecule has 1 saturated heterocycles. The number of alkyl halides is 1. The molecule has 1 fully saturated rings. The second-order valence-corrected chi connectivity index (χ2v) is 9.31. The molecule has 34 heavy (non-hydrogen) atoms. The number of nitrogens with zero attached hydrogens (tertiary/aromatic N) is 1. The maximum Gasteiger partial charge on any atom is 0.264 e. The number of fused-ring (bicyclic) bond motifs is 1. The van der Waals surface area contributed by atoms with Gasteiger partial charge in [0.25, 0.3) is 11.8 Å². The van der Waals surface area contributed by atoms with E-state index in [1.807, 2.05) is 0 Å². The fraction of sp³-hybridized carbons (Fsp3) is 0.542. The zero-order chi connectivity index (χ0) is 24.5. The number of rotatable bonds is 13. The summed E-state index contributed by atoms with van der Waals surface area (Å²) in [6.07, 6.45) is 6.43. The number of halogens is 1. The first-order chi connectivity index (χ1) is 16.4. The van der Waals surface area contributed by atoms with E-state index in [1.54, 1.807) is 18.2 Å². The molecule has 2 heterocycles. The second kappa shape index (κ2) is 12.6. The predicted octanol–water partition coefficient (Wildman–Crippen LogP) is 2.74. The Morgan fingerprint density at radius 1 is 1.00 bits per heavy atom. The Balaban J connectivity index is 1.44. The van der Waals surface area contributed by atoms with Gasteiger partial charge in [0.2, 0.25) is 17.7 Å². The molecule has 1 aromatic carbocycles. The summed E-state index contributed by atoms with van der Waals surface area (Å²) < 4.78 is 0. The van der Waals surface area contributed by atoms with Crippen LogP contribution >= 0.6 is 15.9 Å². The average molecular weight is 535 g/mol. The van der Waals surface area contributed by atoms with Crippen molar-refractivity contribution < 1.29 is 24.0 Å². The largest absolute Gasteiger partial charge is 0.384 e. The van der Waals surface area contributed by atoms with Gasteiger partial charge in [-0.05, 0) is 50.7 Å². The molecular formula is C24H31BrN4O5. The lowest BCUT2D eigenvalue weighted by molar-refractivity contribution is -0.136. The molecule has 0 spiro atoms. The van der Waals surface area contributed by atoms with E-state index in [1.165, 1.54) is 0 Å². The van der Waals surface area contributed by atoms with Crippen LogP contribution in [0.4, 0.5) is 5.69 Å². The first-order valence-corrected chi connectivity index (χ1v) is 13.0. The Hall–Kier alpha value is -2.75. The standard InChI is InChI=1S/C24H31BrN4O5/c25-13-4-1-3-10-19(30)27-15-6-2-5-14-26-17-9-7-8-16-21(17)24(34)29(23(16)33)18-11-12-20(31)28-22(18)32/h7-9,18,26H,1-6,10-15H2,(H,27,30)(H,28,31,32). The highest BCUT2D eigenvalue weighted by Gasteiger charge is 2.45. The Labute approximate surface area is 207 Å². The fourth-order valence-electron chi connectivity index (χ4n) is 4.19. The van der Waals surface area contributed by atoms with E-state index in [-0.39, 0.29) is 29.9 Å². The molecule has 1 atom stereocenters. The van der Waals surface area contributed by atoms with Gasteiger partial charge < -0.3 is 10.6 Å². The summed E-state index contributed by atoms with van der Waals surface area (Å²) in [4.78, 5) is 62.3. The van der Waals surface area contributed by atoms with Crippen molar-refractivity contribution in [3.63, 3.8) is 0 Å². The van der Waals surface area contributed by atoms with Crippen LogP contribution in [0.3, 0.4) is 0 Å². The van der Waals surface area contributed by atoms with E-state index < -0.39 is 29.7 Å². The monoisotopic (exact) mass is 534 g/mol. The molecule has 2 aliphatic heterocycles. The molecule has 184 valence electrons. The van der Waals surface area contributed by atoms with Crippen molar-refractivity contribution in [2.24, 2.45) is 0 Å². The summed E-state index contributed by atoms with van der Waals surface area (Å²) in [6, 6.07) is 4.05. The number of hydrogen-bond acceptors (Lipinski definition) is 6. The Morgan fingerprint density at radius 2 is 1.76 bits per heavy atom. The van der Waals surface area contributed by atoms with Gasteiger partial charge in [0.1, 0.15) is 6.04 Å². The minimum Gasteiger partial charge on any atom is -0.384 e. The first-order valence-electron chi connectivity index (χ1n) is 11.8. The van der Waals surface area contributed by atoms with Crippen LogP contribution < -0.4 is 16.0 Å².